The molecule has 0 aliphatic carbocycles. The van der Waals surface area contributed by atoms with Crippen molar-refractivity contribution in [3.63, 3.8) is 0 Å². The molecule has 0 bridgehead atoms. The quantitative estimate of drug-likeness (QED) is 0.0339. The van der Waals surface area contributed by atoms with E-state index in [0.717, 1.165) is 38.5 Å². The lowest BCUT2D eigenvalue weighted by Gasteiger charge is -2.22. The number of phosphoric ester groups is 1. The van der Waals surface area contributed by atoms with Gasteiger partial charge < -0.3 is 20.2 Å². The summed E-state index contributed by atoms with van der Waals surface area (Å²) < 4.78 is 15.8. The SMILES string of the molecule is CCCCCCCCCCCCCCC/C=C/[C@@H](O)[C@H](COP(=O)(O)O)NC(=O)CCCCCCCCCCCCC. The highest BCUT2D eigenvalue weighted by Crippen LogP contribution is 2.35. The number of nitrogens with one attached hydrogen (secondary N) is 1. The van der Waals surface area contributed by atoms with Crippen molar-refractivity contribution in [2.75, 3.05) is 6.61 Å². The van der Waals surface area contributed by atoms with Crippen LogP contribution in [0.5, 0.6) is 0 Å². The molecule has 42 heavy (non-hydrogen) atoms. The van der Waals surface area contributed by atoms with Crippen LogP contribution in [0.3, 0.4) is 0 Å². The second kappa shape index (κ2) is 30.3. The molecule has 0 aliphatic heterocycles. The Labute approximate surface area is 259 Å². The van der Waals surface area contributed by atoms with Gasteiger partial charge in [-0.05, 0) is 19.3 Å². The first kappa shape index (κ1) is 41.3. The minimum Gasteiger partial charge on any atom is -0.387 e. The molecule has 0 spiro atoms. The Morgan fingerprint density at radius 3 is 1.45 bits per heavy atom. The molecule has 8 heteroatoms. The number of rotatable bonds is 32. The Morgan fingerprint density at radius 2 is 1.05 bits per heavy atom. The van der Waals surface area contributed by atoms with Crippen LogP contribution in [0.1, 0.15) is 181 Å². The number of amides is 1. The number of hydrogen-bond donors (Lipinski definition) is 4. The zero-order valence-corrected chi connectivity index (χ0v) is 28.3. The summed E-state index contributed by atoms with van der Waals surface area (Å²) in [5.41, 5.74) is 0. The maximum Gasteiger partial charge on any atom is 0.469 e. The van der Waals surface area contributed by atoms with E-state index in [1.165, 1.54) is 122 Å². The molecular formula is C34H68NO6P. The average molecular weight is 618 g/mol. The number of hydrogen-bond acceptors (Lipinski definition) is 4. The molecular weight excluding hydrogens is 549 g/mol. The first-order valence-corrected chi connectivity index (χ1v) is 19.2. The topological polar surface area (TPSA) is 116 Å². The van der Waals surface area contributed by atoms with Gasteiger partial charge in [0.05, 0.1) is 18.8 Å². The highest BCUT2D eigenvalue weighted by atomic mass is 31.2. The normalized spacial score (nSPS) is 13.5. The van der Waals surface area contributed by atoms with Gasteiger partial charge in [0.1, 0.15) is 0 Å². The molecule has 250 valence electrons. The molecule has 7 nitrogen and oxygen atoms in total. The molecule has 0 rings (SSSR count). The van der Waals surface area contributed by atoms with Crippen molar-refractivity contribution in [3.05, 3.63) is 12.2 Å². The molecule has 1 amide bonds. The van der Waals surface area contributed by atoms with E-state index in [0.29, 0.717) is 6.42 Å². The summed E-state index contributed by atoms with van der Waals surface area (Å²) in [4.78, 5) is 30.6. The van der Waals surface area contributed by atoms with Crippen LogP contribution in [-0.2, 0) is 13.9 Å². The average Bonchev–Trinajstić information content (AvgIpc) is 2.95. The van der Waals surface area contributed by atoms with Crippen LogP contribution in [0.2, 0.25) is 0 Å². The number of carbonyl (C=O) groups excluding carboxylic acids is 1. The van der Waals surface area contributed by atoms with Crippen molar-refractivity contribution < 1.29 is 28.8 Å². The second-order valence-electron chi connectivity index (χ2n) is 12.2. The predicted octanol–water partition coefficient (Wildman–Crippen LogP) is 9.68. The second-order valence-corrected chi connectivity index (χ2v) is 13.4. The van der Waals surface area contributed by atoms with E-state index >= 15 is 0 Å². The van der Waals surface area contributed by atoms with Gasteiger partial charge in [-0.1, -0.05) is 167 Å². The van der Waals surface area contributed by atoms with E-state index in [-0.39, 0.29) is 5.91 Å². The Balaban J connectivity index is 4.06. The largest absolute Gasteiger partial charge is 0.469 e. The molecule has 0 saturated heterocycles. The fraction of sp³-hybridized carbons (Fsp3) is 0.912. The predicted molar refractivity (Wildman–Crippen MR) is 176 cm³/mol. The molecule has 2 atom stereocenters. The summed E-state index contributed by atoms with van der Waals surface area (Å²) in [5, 5.41) is 13.3. The molecule has 0 aromatic heterocycles. The molecule has 0 aromatic rings. The Bertz CT molecular complexity index is 668. The number of unbranched alkanes of at least 4 members (excludes halogenated alkanes) is 23. The van der Waals surface area contributed by atoms with Gasteiger partial charge in [0.25, 0.3) is 0 Å². The summed E-state index contributed by atoms with van der Waals surface area (Å²) in [5.74, 6) is -0.228. The van der Waals surface area contributed by atoms with Crippen molar-refractivity contribution >= 4 is 13.7 Å². The summed E-state index contributed by atoms with van der Waals surface area (Å²) in [6, 6.07) is -0.902. The zero-order chi connectivity index (χ0) is 31.2. The lowest BCUT2D eigenvalue weighted by atomic mass is 10.0. The van der Waals surface area contributed by atoms with Crippen molar-refractivity contribution in [1.29, 1.82) is 0 Å². The number of aliphatic hydroxyl groups is 1. The molecule has 0 radical (unpaired) electrons. The lowest BCUT2D eigenvalue weighted by Crippen LogP contribution is -2.45. The minimum atomic E-state index is -4.70. The summed E-state index contributed by atoms with van der Waals surface area (Å²) >= 11 is 0. The van der Waals surface area contributed by atoms with Gasteiger partial charge >= 0.3 is 7.82 Å². The van der Waals surface area contributed by atoms with Crippen molar-refractivity contribution in [2.24, 2.45) is 0 Å². The molecule has 4 N–H and O–H groups in total. The number of carbonyl (C=O) groups is 1. The van der Waals surface area contributed by atoms with Crippen LogP contribution in [-0.4, -0.2) is 39.6 Å². The molecule has 0 heterocycles. The maximum absolute atomic E-state index is 12.5. The summed E-state index contributed by atoms with van der Waals surface area (Å²) in [6.07, 6.45) is 33.7. The van der Waals surface area contributed by atoms with Gasteiger partial charge in [0, 0.05) is 6.42 Å². The van der Waals surface area contributed by atoms with Crippen molar-refractivity contribution in [3.8, 4) is 0 Å². The molecule has 0 fully saturated rings. The first-order valence-electron chi connectivity index (χ1n) is 17.6. The monoisotopic (exact) mass is 617 g/mol. The fourth-order valence-electron chi connectivity index (χ4n) is 5.28. The third-order valence-corrected chi connectivity index (χ3v) is 8.48. The van der Waals surface area contributed by atoms with E-state index in [1.54, 1.807) is 6.08 Å². The third-order valence-electron chi connectivity index (χ3n) is 8.00. The summed E-state index contributed by atoms with van der Waals surface area (Å²) in [6.45, 7) is 4.04. The van der Waals surface area contributed by atoms with Crippen molar-refractivity contribution in [2.45, 2.75) is 193 Å². The molecule has 0 unspecified atom stereocenters. The van der Waals surface area contributed by atoms with E-state index < -0.39 is 26.6 Å². The zero-order valence-electron chi connectivity index (χ0n) is 27.4. The van der Waals surface area contributed by atoms with E-state index in [1.807, 2.05) is 6.08 Å². The smallest absolute Gasteiger partial charge is 0.387 e. The fourth-order valence-corrected chi connectivity index (χ4v) is 5.64. The maximum atomic E-state index is 12.5. The Morgan fingerprint density at radius 1 is 0.667 bits per heavy atom. The van der Waals surface area contributed by atoms with Crippen LogP contribution in [0.15, 0.2) is 12.2 Å². The van der Waals surface area contributed by atoms with E-state index in [4.69, 9.17) is 9.79 Å². The van der Waals surface area contributed by atoms with Gasteiger partial charge in [-0.15, -0.1) is 0 Å². The van der Waals surface area contributed by atoms with Crippen LogP contribution in [0.25, 0.3) is 0 Å². The Kier molecular flexibility index (Phi) is 29.8. The molecule has 0 aliphatic rings. The van der Waals surface area contributed by atoms with Gasteiger partial charge in [-0.25, -0.2) is 4.57 Å². The van der Waals surface area contributed by atoms with Crippen molar-refractivity contribution in [1.82, 2.24) is 5.32 Å². The number of allylic oxidation sites excluding steroid dienone is 1. The highest BCUT2D eigenvalue weighted by Gasteiger charge is 2.24. The van der Waals surface area contributed by atoms with Crippen LogP contribution in [0.4, 0.5) is 0 Å². The van der Waals surface area contributed by atoms with Gasteiger partial charge in [-0.3, -0.25) is 9.32 Å². The van der Waals surface area contributed by atoms with Gasteiger partial charge in [0.15, 0.2) is 0 Å². The number of aliphatic hydroxyl groups excluding tert-OH is 1. The van der Waals surface area contributed by atoms with E-state index in [9.17, 15) is 14.5 Å². The van der Waals surface area contributed by atoms with Gasteiger partial charge in [-0.2, -0.15) is 0 Å². The minimum absolute atomic E-state index is 0.228. The van der Waals surface area contributed by atoms with Crippen LogP contribution in [0, 0.1) is 0 Å². The number of phosphoric acid groups is 1. The Hall–Kier alpha value is -0.720. The van der Waals surface area contributed by atoms with Crippen LogP contribution >= 0.6 is 7.82 Å². The summed E-state index contributed by atoms with van der Waals surface area (Å²) in [7, 11) is -4.70. The lowest BCUT2D eigenvalue weighted by molar-refractivity contribution is -0.123. The highest BCUT2D eigenvalue weighted by molar-refractivity contribution is 7.46. The standard InChI is InChI=1S/C34H68NO6P/c1-3-5-7-9-11-13-15-16-17-18-20-21-23-25-27-29-33(36)32(31-41-42(38,39)40)35-34(37)30-28-26-24-22-19-14-12-10-8-6-4-2/h27,29,32-33,36H,3-26,28,30-31H2,1-2H3,(H,35,37)(H2,38,39,40)/b29-27+/t32-,33+/m0/s1. The first-order chi connectivity index (χ1) is 20.3. The van der Waals surface area contributed by atoms with Gasteiger partial charge in [0.2, 0.25) is 5.91 Å². The third kappa shape index (κ3) is 30.7. The van der Waals surface area contributed by atoms with Crippen LogP contribution < -0.4 is 5.32 Å². The molecule has 0 saturated carbocycles. The van der Waals surface area contributed by atoms with E-state index in [2.05, 4.69) is 23.7 Å². The molecule has 0 aromatic carbocycles.